The Bertz CT molecular complexity index is 554. The Morgan fingerprint density at radius 1 is 1.33 bits per heavy atom. The molecule has 0 unspecified atom stereocenters. The predicted molar refractivity (Wildman–Crippen MR) is 82.9 cm³/mol. The maximum absolute atomic E-state index is 11.1. The van der Waals surface area contributed by atoms with E-state index in [1.807, 2.05) is 20.8 Å². The fourth-order valence-electron chi connectivity index (χ4n) is 2.17. The van der Waals surface area contributed by atoms with E-state index in [2.05, 4.69) is 6.08 Å². The van der Waals surface area contributed by atoms with Crippen molar-refractivity contribution in [2.75, 3.05) is 0 Å². The van der Waals surface area contributed by atoms with E-state index < -0.39 is 5.97 Å². The number of allylic oxidation sites excluding steroid dienone is 2. The first-order valence-electron chi connectivity index (χ1n) is 7.11. The Kier molecular flexibility index (Phi) is 5.82. The molecule has 0 spiro atoms. The second-order valence-corrected chi connectivity index (χ2v) is 5.64. The summed E-state index contributed by atoms with van der Waals surface area (Å²) in [6.07, 6.45) is 3.86. The first-order chi connectivity index (χ1) is 9.73. The highest BCUT2D eigenvalue weighted by molar-refractivity contribution is 5.72. The van der Waals surface area contributed by atoms with E-state index in [1.165, 1.54) is 12.5 Å². The zero-order chi connectivity index (χ0) is 16.2. The molecule has 0 amide bonds. The molecule has 0 saturated carbocycles. The monoisotopic (exact) mass is 292 g/mol. The zero-order valence-electron chi connectivity index (χ0n) is 13.4. The molecule has 0 saturated heterocycles. The quantitative estimate of drug-likeness (QED) is 0.370. The van der Waals surface area contributed by atoms with Gasteiger partial charge >= 0.3 is 5.97 Å². The number of hydrogen-bond donors (Lipinski definition) is 2. The van der Waals surface area contributed by atoms with Crippen LogP contribution in [0, 0.1) is 6.92 Å². The molecular weight excluding hydrogens is 268 g/mol. The predicted octanol–water partition coefficient (Wildman–Crippen LogP) is 4.18. The fraction of sp³-hybridized carbons (Fsp3) is 0.471. The summed E-state index contributed by atoms with van der Waals surface area (Å²) in [5.74, 6) is -0.478. The number of esters is 1. The molecule has 0 radical (unpaired) electrons. The first-order valence-corrected chi connectivity index (χ1v) is 7.11. The van der Waals surface area contributed by atoms with Crippen molar-refractivity contribution in [3.8, 4) is 17.2 Å². The first kappa shape index (κ1) is 17.1. The molecule has 0 aliphatic carbocycles. The van der Waals surface area contributed by atoms with E-state index in [0.29, 0.717) is 11.1 Å². The third-order valence-electron chi connectivity index (χ3n) is 3.43. The number of hydrogen-bond acceptors (Lipinski definition) is 4. The van der Waals surface area contributed by atoms with Crippen LogP contribution in [0.4, 0.5) is 0 Å². The third-order valence-corrected chi connectivity index (χ3v) is 3.43. The van der Waals surface area contributed by atoms with Crippen LogP contribution in [-0.2, 0) is 4.79 Å². The van der Waals surface area contributed by atoms with Gasteiger partial charge in [0.15, 0.2) is 11.5 Å². The highest BCUT2D eigenvalue weighted by Gasteiger charge is 2.20. The molecule has 2 N–H and O–H groups in total. The van der Waals surface area contributed by atoms with Gasteiger partial charge in [0.2, 0.25) is 0 Å². The lowest BCUT2D eigenvalue weighted by Gasteiger charge is -2.18. The van der Waals surface area contributed by atoms with Crippen LogP contribution in [0.5, 0.6) is 17.2 Å². The highest BCUT2D eigenvalue weighted by Crippen LogP contribution is 2.43. The molecule has 4 heteroatoms. The molecule has 0 aliphatic heterocycles. The van der Waals surface area contributed by atoms with E-state index in [4.69, 9.17) is 4.74 Å². The van der Waals surface area contributed by atoms with Crippen LogP contribution < -0.4 is 4.74 Å². The molecular formula is C17H24O4. The second-order valence-electron chi connectivity index (χ2n) is 5.64. The number of phenolic OH excluding ortho intramolecular Hbond substituents is 2. The van der Waals surface area contributed by atoms with Gasteiger partial charge in [0.1, 0.15) is 5.75 Å². The molecule has 1 atom stereocenters. The number of phenols is 2. The van der Waals surface area contributed by atoms with Crippen molar-refractivity contribution in [3.05, 3.63) is 28.8 Å². The summed E-state index contributed by atoms with van der Waals surface area (Å²) < 4.78 is 5.03. The van der Waals surface area contributed by atoms with Crippen molar-refractivity contribution in [1.82, 2.24) is 0 Å². The lowest BCUT2D eigenvalue weighted by Crippen LogP contribution is -2.05. The maximum Gasteiger partial charge on any atom is 0.308 e. The van der Waals surface area contributed by atoms with Crippen LogP contribution in [0.1, 0.15) is 57.6 Å². The van der Waals surface area contributed by atoms with Gasteiger partial charge in [0.25, 0.3) is 0 Å². The number of ether oxygens (including phenoxy) is 1. The van der Waals surface area contributed by atoms with E-state index in [9.17, 15) is 15.0 Å². The minimum Gasteiger partial charge on any atom is -0.508 e. The number of rotatable bonds is 5. The molecule has 1 rings (SSSR count). The normalized spacial score (nSPS) is 11.9. The lowest BCUT2D eigenvalue weighted by atomic mass is 9.93. The number of carbonyl (C=O) groups excluding carboxylic acids is 1. The van der Waals surface area contributed by atoms with E-state index in [0.717, 1.165) is 12.8 Å². The van der Waals surface area contributed by atoms with E-state index in [-0.39, 0.29) is 23.2 Å². The van der Waals surface area contributed by atoms with Gasteiger partial charge in [-0.2, -0.15) is 0 Å². The van der Waals surface area contributed by atoms with Crippen molar-refractivity contribution in [2.45, 2.75) is 53.4 Å². The molecule has 1 aromatic carbocycles. The Morgan fingerprint density at radius 2 is 1.95 bits per heavy atom. The third kappa shape index (κ3) is 4.52. The highest BCUT2D eigenvalue weighted by atomic mass is 16.5. The molecule has 0 aromatic heterocycles. The van der Waals surface area contributed by atoms with Gasteiger partial charge in [-0.05, 0) is 45.6 Å². The Labute approximate surface area is 126 Å². The average molecular weight is 292 g/mol. The van der Waals surface area contributed by atoms with Gasteiger partial charge in [-0.3, -0.25) is 4.79 Å². The van der Waals surface area contributed by atoms with Gasteiger partial charge in [-0.25, -0.2) is 0 Å². The van der Waals surface area contributed by atoms with Crippen molar-refractivity contribution >= 4 is 5.97 Å². The van der Waals surface area contributed by atoms with Gasteiger partial charge in [-0.1, -0.05) is 18.6 Å². The molecule has 0 bridgehead atoms. The summed E-state index contributed by atoms with van der Waals surface area (Å²) in [6, 6.07) is 1.55. The summed E-state index contributed by atoms with van der Waals surface area (Å²) in [7, 11) is 0. The molecule has 1 aromatic rings. The fourth-order valence-corrected chi connectivity index (χ4v) is 2.17. The number of carbonyl (C=O) groups is 1. The lowest BCUT2D eigenvalue weighted by molar-refractivity contribution is -0.132. The van der Waals surface area contributed by atoms with Gasteiger partial charge < -0.3 is 14.9 Å². The molecule has 21 heavy (non-hydrogen) atoms. The van der Waals surface area contributed by atoms with Crippen LogP contribution >= 0.6 is 0 Å². The minimum atomic E-state index is -0.526. The van der Waals surface area contributed by atoms with Crippen LogP contribution in [0.15, 0.2) is 17.7 Å². The molecule has 0 fully saturated rings. The summed E-state index contributed by atoms with van der Waals surface area (Å²) in [5.41, 5.74) is 2.21. The topological polar surface area (TPSA) is 66.8 Å². The Balaban J connectivity index is 3.09. The summed E-state index contributed by atoms with van der Waals surface area (Å²) in [5, 5.41) is 20.3. The number of benzene rings is 1. The smallest absolute Gasteiger partial charge is 0.308 e. The summed E-state index contributed by atoms with van der Waals surface area (Å²) in [6.45, 7) is 8.92. The SMILES string of the molecule is CC(=O)Oc1c(C)c(O)cc([C@H](C)CCC=C(C)C)c1O. The number of aromatic hydroxyl groups is 2. The largest absolute Gasteiger partial charge is 0.508 e. The summed E-state index contributed by atoms with van der Waals surface area (Å²) in [4.78, 5) is 11.1. The Hall–Kier alpha value is -1.97. The van der Waals surface area contributed by atoms with Gasteiger partial charge in [-0.15, -0.1) is 0 Å². The van der Waals surface area contributed by atoms with Gasteiger partial charge in [0.05, 0.1) is 0 Å². The van der Waals surface area contributed by atoms with Crippen molar-refractivity contribution in [1.29, 1.82) is 0 Å². The van der Waals surface area contributed by atoms with Crippen molar-refractivity contribution in [2.24, 2.45) is 0 Å². The second kappa shape index (κ2) is 7.16. The van der Waals surface area contributed by atoms with Crippen molar-refractivity contribution < 1.29 is 19.7 Å². The van der Waals surface area contributed by atoms with Crippen LogP contribution in [0.2, 0.25) is 0 Å². The van der Waals surface area contributed by atoms with Crippen LogP contribution in [0.25, 0.3) is 0 Å². The molecule has 0 heterocycles. The maximum atomic E-state index is 11.1. The average Bonchev–Trinajstić information content (AvgIpc) is 2.38. The Morgan fingerprint density at radius 3 is 2.48 bits per heavy atom. The molecule has 116 valence electrons. The van der Waals surface area contributed by atoms with E-state index in [1.54, 1.807) is 13.0 Å². The summed E-state index contributed by atoms with van der Waals surface area (Å²) >= 11 is 0. The van der Waals surface area contributed by atoms with Crippen molar-refractivity contribution in [3.63, 3.8) is 0 Å². The minimum absolute atomic E-state index is 0.0214. The van der Waals surface area contributed by atoms with E-state index >= 15 is 0 Å². The van der Waals surface area contributed by atoms with Gasteiger partial charge in [0, 0.05) is 18.1 Å². The standard InChI is InChI=1S/C17H24O4/c1-10(2)7-6-8-11(3)14-9-15(19)12(4)17(16(14)20)21-13(5)18/h7,9,11,19-20H,6,8H2,1-5H3/t11-/m1/s1. The molecule has 4 nitrogen and oxygen atoms in total. The zero-order valence-corrected chi connectivity index (χ0v) is 13.4. The van der Waals surface area contributed by atoms with Crippen LogP contribution in [-0.4, -0.2) is 16.2 Å². The van der Waals surface area contributed by atoms with Crippen LogP contribution in [0.3, 0.4) is 0 Å². The molecule has 0 aliphatic rings.